The molecule has 1 aromatic carbocycles. The summed E-state index contributed by atoms with van der Waals surface area (Å²) >= 11 is 0. The third kappa shape index (κ3) is 4.57. The highest BCUT2D eigenvalue weighted by Gasteiger charge is 2.30. The van der Waals surface area contributed by atoms with E-state index in [4.69, 9.17) is 0 Å². The van der Waals surface area contributed by atoms with Crippen molar-refractivity contribution in [3.8, 4) is 0 Å². The molecule has 5 heteroatoms. The smallest absolute Gasteiger partial charge is 0.240 e. The molecule has 2 aliphatic rings. The largest absolute Gasteiger partial charge is 0.353 e. The van der Waals surface area contributed by atoms with Gasteiger partial charge in [0.25, 0.3) is 0 Å². The number of piperazine rings is 1. The second-order valence-corrected chi connectivity index (χ2v) is 6.86. The van der Waals surface area contributed by atoms with Gasteiger partial charge < -0.3 is 15.5 Å². The van der Waals surface area contributed by atoms with Crippen LogP contribution in [0.2, 0.25) is 0 Å². The van der Waals surface area contributed by atoms with Crippen LogP contribution < -0.4 is 10.6 Å². The maximum Gasteiger partial charge on any atom is 0.240 e. The summed E-state index contributed by atoms with van der Waals surface area (Å²) in [7, 11) is 0. The van der Waals surface area contributed by atoms with Crippen molar-refractivity contribution in [3.05, 3.63) is 35.9 Å². The molecule has 1 saturated carbocycles. The predicted molar refractivity (Wildman–Crippen MR) is 93.3 cm³/mol. The molecular weight excluding hydrogens is 302 g/mol. The molecule has 0 aromatic heterocycles. The first kappa shape index (κ1) is 17.0. The number of nitrogens with one attached hydrogen (secondary N) is 2. The second-order valence-electron chi connectivity index (χ2n) is 6.86. The van der Waals surface area contributed by atoms with E-state index in [9.17, 15) is 9.59 Å². The molecule has 1 aliphatic carbocycles. The SMILES string of the molecule is O=C(CC1NCCN(Cc2ccccc2)C1=O)NC1CCCCC1. The van der Waals surface area contributed by atoms with Crippen molar-refractivity contribution < 1.29 is 9.59 Å². The first-order valence-corrected chi connectivity index (χ1v) is 9.08. The van der Waals surface area contributed by atoms with Crippen molar-refractivity contribution in [2.45, 2.75) is 57.2 Å². The van der Waals surface area contributed by atoms with Gasteiger partial charge in [0.1, 0.15) is 0 Å². The summed E-state index contributed by atoms with van der Waals surface area (Å²) in [6, 6.07) is 9.90. The monoisotopic (exact) mass is 329 g/mol. The maximum absolute atomic E-state index is 12.6. The van der Waals surface area contributed by atoms with Crippen molar-refractivity contribution in [1.29, 1.82) is 0 Å². The summed E-state index contributed by atoms with van der Waals surface area (Å²) in [6.45, 7) is 2.04. The second kappa shape index (κ2) is 8.29. The molecule has 2 amide bonds. The molecule has 5 nitrogen and oxygen atoms in total. The molecule has 0 radical (unpaired) electrons. The molecule has 2 fully saturated rings. The van der Waals surface area contributed by atoms with Gasteiger partial charge in [-0.15, -0.1) is 0 Å². The molecule has 1 saturated heterocycles. The maximum atomic E-state index is 12.6. The number of hydrogen-bond donors (Lipinski definition) is 2. The van der Waals surface area contributed by atoms with Crippen molar-refractivity contribution >= 4 is 11.8 Å². The standard InChI is InChI=1S/C19H27N3O2/c23-18(21-16-9-5-2-6-10-16)13-17-19(24)22(12-11-20-17)14-15-7-3-1-4-8-15/h1,3-4,7-8,16-17,20H,2,5-6,9-14H2,(H,21,23). The normalized spacial score (nSPS) is 22.4. The first-order chi connectivity index (χ1) is 11.7. The first-order valence-electron chi connectivity index (χ1n) is 9.08. The summed E-state index contributed by atoms with van der Waals surface area (Å²) in [6.07, 6.45) is 6.02. The molecule has 1 aliphatic heterocycles. The van der Waals surface area contributed by atoms with Gasteiger partial charge in [0.15, 0.2) is 0 Å². The van der Waals surface area contributed by atoms with Gasteiger partial charge in [0.05, 0.1) is 12.5 Å². The Hall–Kier alpha value is -1.88. The molecule has 24 heavy (non-hydrogen) atoms. The average molecular weight is 329 g/mol. The van der Waals surface area contributed by atoms with Crippen LogP contribution in [0.5, 0.6) is 0 Å². The lowest BCUT2D eigenvalue weighted by Crippen LogP contribution is -2.56. The number of nitrogens with zero attached hydrogens (tertiary/aromatic N) is 1. The van der Waals surface area contributed by atoms with E-state index in [1.165, 1.54) is 19.3 Å². The third-order valence-electron chi connectivity index (χ3n) is 4.96. The lowest BCUT2D eigenvalue weighted by atomic mass is 9.95. The minimum atomic E-state index is -0.397. The topological polar surface area (TPSA) is 61.4 Å². The minimum Gasteiger partial charge on any atom is -0.353 e. The highest BCUT2D eigenvalue weighted by Crippen LogP contribution is 2.18. The molecule has 3 rings (SSSR count). The van der Waals surface area contributed by atoms with Gasteiger partial charge in [-0.2, -0.15) is 0 Å². The van der Waals surface area contributed by atoms with Gasteiger partial charge in [0, 0.05) is 25.7 Å². The summed E-state index contributed by atoms with van der Waals surface area (Å²) < 4.78 is 0. The molecular formula is C19H27N3O2. The molecule has 1 aromatic rings. The van der Waals surface area contributed by atoms with Crippen LogP contribution in [-0.2, 0) is 16.1 Å². The lowest BCUT2D eigenvalue weighted by Gasteiger charge is -2.33. The number of rotatable bonds is 5. The van der Waals surface area contributed by atoms with Gasteiger partial charge in [-0.3, -0.25) is 9.59 Å². The van der Waals surface area contributed by atoms with Crippen LogP contribution in [0.25, 0.3) is 0 Å². The van der Waals surface area contributed by atoms with Crippen LogP contribution in [-0.4, -0.2) is 41.9 Å². The number of carbonyl (C=O) groups is 2. The fourth-order valence-corrected chi connectivity index (χ4v) is 3.63. The van der Waals surface area contributed by atoms with E-state index in [0.717, 1.165) is 24.9 Å². The van der Waals surface area contributed by atoms with E-state index < -0.39 is 6.04 Å². The zero-order valence-corrected chi connectivity index (χ0v) is 14.2. The van der Waals surface area contributed by atoms with Crippen molar-refractivity contribution in [1.82, 2.24) is 15.5 Å². The Kier molecular flexibility index (Phi) is 5.86. The van der Waals surface area contributed by atoms with Gasteiger partial charge >= 0.3 is 0 Å². The quantitative estimate of drug-likeness (QED) is 0.866. The van der Waals surface area contributed by atoms with Gasteiger partial charge in [-0.05, 0) is 18.4 Å². The number of carbonyl (C=O) groups excluding carboxylic acids is 2. The Bertz CT molecular complexity index is 555. The van der Waals surface area contributed by atoms with E-state index >= 15 is 0 Å². The summed E-state index contributed by atoms with van der Waals surface area (Å²) in [5.74, 6) is 0.0261. The Morgan fingerprint density at radius 2 is 1.92 bits per heavy atom. The van der Waals surface area contributed by atoms with Crippen LogP contribution >= 0.6 is 0 Å². The van der Waals surface area contributed by atoms with Crippen molar-refractivity contribution in [2.75, 3.05) is 13.1 Å². The van der Waals surface area contributed by atoms with E-state index in [1.807, 2.05) is 35.2 Å². The van der Waals surface area contributed by atoms with Gasteiger partial charge in [0.2, 0.25) is 11.8 Å². The highest BCUT2D eigenvalue weighted by molar-refractivity contribution is 5.89. The molecule has 1 atom stereocenters. The van der Waals surface area contributed by atoms with Crippen LogP contribution in [0, 0.1) is 0 Å². The molecule has 130 valence electrons. The number of benzene rings is 1. The van der Waals surface area contributed by atoms with Crippen molar-refractivity contribution in [3.63, 3.8) is 0 Å². The number of hydrogen-bond acceptors (Lipinski definition) is 3. The molecule has 0 spiro atoms. The van der Waals surface area contributed by atoms with E-state index in [0.29, 0.717) is 19.1 Å². The Morgan fingerprint density at radius 1 is 1.17 bits per heavy atom. The van der Waals surface area contributed by atoms with Crippen LogP contribution in [0.4, 0.5) is 0 Å². The van der Waals surface area contributed by atoms with Gasteiger partial charge in [-0.1, -0.05) is 49.6 Å². The summed E-state index contributed by atoms with van der Waals surface area (Å²) in [5, 5.41) is 6.30. The van der Waals surface area contributed by atoms with Crippen LogP contribution in [0.3, 0.4) is 0 Å². The van der Waals surface area contributed by atoms with E-state index in [1.54, 1.807) is 0 Å². The van der Waals surface area contributed by atoms with Crippen molar-refractivity contribution in [2.24, 2.45) is 0 Å². The molecule has 0 bridgehead atoms. The van der Waals surface area contributed by atoms with Crippen LogP contribution in [0.1, 0.15) is 44.1 Å². The fraction of sp³-hybridized carbons (Fsp3) is 0.579. The third-order valence-corrected chi connectivity index (χ3v) is 4.96. The molecule has 1 unspecified atom stereocenters. The summed E-state index contributed by atoms with van der Waals surface area (Å²) in [5.41, 5.74) is 1.12. The average Bonchev–Trinajstić information content (AvgIpc) is 2.60. The minimum absolute atomic E-state index is 0.00527. The highest BCUT2D eigenvalue weighted by atomic mass is 16.2. The number of amides is 2. The Balaban J connectivity index is 1.51. The summed E-state index contributed by atoms with van der Waals surface area (Å²) in [4.78, 5) is 26.8. The van der Waals surface area contributed by atoms with E-state index in [2.05, 4.69) is 10.6 Å². The molecule has 2 N–H and O–H groups in total. The van der Waals surface area contributed by atoms with Crippen LogP contribution in [0.15, 0.2) is 30.3 Å². The Morgan fingerprint density at radius 3 is 2.67 bits per heavy atom. The fourth-order valence-electron chi connectivity index (χ4n) is 3.63. The molecule has 1 heterocycles. The van der Waals surface area contributed by atoms with E-state index in [-0.39, 0.29) is 18.2 Å². The zero-order chi connectivity index (χ0) is 16.8. The predicted octanol–water partition coefficient (Wildman–Crippen LogP) is 1.83. The zero-order valence-electron chi connectivity index (χ0n) is 14.2. The lowest BCUT2D eigenvalue weighted by molar-refractivity contribution is -0.139. The van der Waals surface area contributed by atoms with Gasteiger partial charge in [-0.25, -0.2) is 0 Å². The Labute approximate surface area is 143 Å².